The number of amides is 1. The molecular formula is C16H24N2O2. The average molecular weight is 276 g/mol. The smallest absolute Gasteiger partial charge is 0.410 e. The molecule has 1 aliphatic heterocycles. The lowest BCUT2D eigenvalue weighted by molar-refractivity contribution is 0.0261. The Hall–Kier alpha value is -1.55. The van der Waals surface area contributed by atoms with Gasteiger partial charge >= 0.3 is 6.09 Å². The van der Waals surface area contributed by atoms with E-state index >= 15 is 0 Å². The summed E-state index contributed by atoms with van der Waals surface area (Å²) in [5, 5.41) is 3.50. The molecule has 0 aliphatic carbocycles. The highest BCUT2D eigenvalue weighted by Gasteiger charge is 2.25. The summed E-state index contributed by atoms with van der Waals surface area (Å²) >= 11 is 0. The highest BCUT2D eigenvalue weighted by Crippen LogP contribution is 2.20. The average Bonchev–Trinajstić information content (AvgIpc) is 2.63. The molecule has 1 aromatic carbocycles. The summed E-state index contributed by atoms with van der Waals surface area (Å²) < 4.78 is 5.43. The molecule has 0 spiro atoms. The number of carbonyl (C=O) groups excluding carboxylic acids is 1. The highest BCUT2D eigenvalue weighted by atomic mass is 16.6. The summed E-state index contributed by atoms with van der Waals surface area (Å²) in [4.78, 5) is 13.9. The minimum absolute atomic E-state index is 0.215. The zero-order valence-corrected chi connectivity index (χ0v) is 12.6. The van der Waals surface area contributed by atoms with Crippen LogP contribution in [0.2, 0.25) is 0 Å². The summed E-state index contributed by atoms with van der Waals surface area (Å²) in [7, 11) is 0. The molecule has 1 saturated heterocycles. The van der Waals surface area contributed by atoms with Crippen LogP contribution < -0.4 is 5.32 Å². The van der Waals surface area contributed by atoms with E-state index in [0.717, 1.165) is 19.5 Å². The first-order chi connectivity index (χ1) is 9.46. The van der Waals surface area contributed by atoms with Crippen LogP contribution in [-0.4, -0.2) is 36.2 Å². The number of ether oxygens (including phenoxy) is 1. The molecule has 2 rings (SSSR count). The van der Waals surface area contributed by atoms with Crippen molar-refractivity contribution in [3.05, 3.63) is 35.9 Å². The molecule has 110 valence electrons. The lowest BCUT2D eigenvalue weighted by Gasteiger charge is -2.26. The van der Waals surface area contributed by atoms with Gasteiger partial charge in [0.2, 0.25) is 0 Å². The molecule has 1 amide bonds. The minimum atomic E-state index is -0.435. The Morgan fingerprint density at radius 1 is 1.25 bits per heavy atom. The molecular weight excluding hydrogens is 252 g/mol. The van der Waals surface area contributed by atoms with E-state index in [1.165, 1.54) is 5.56 Å². The normalized spacial score (nSPS) is 20.4. The number of carbonyl (C=O) groups is 1. The largest absolute Gasteiger partial charge is 0.444 e. The number of nitrogens with one attached hydrogen (secondary N) is 1. The maximum Gasteiger partial charge on any atom is 0.410 e. The molecule has 0 saturated carbocycles. The van der Waals surface area contributed by atoms with Gasteiger partial charge in [-0.1, -0.05) is 30.3 Å². The van der Waals surface area contributed by atoms with E-state index in [0.29, 0.717) is 12.6 Å². The molecule has 0 unspecified atom stereocenters. The van der Waals surface area contributed by atoms with E-state index in [9.17, 15) is 4.79 Å². The number of rotatable bonds is 1. The fraction of sp³-hybridized carbons (Fsp3) is 0.562. The van der Waals surface area contributed by atoms with Crippen LogP contribution in [-0.2, 0) is 4.74 Å². The van der Waals surface area contributed by atoms with Crippen LogP contribution in [0.25, 0.3) is 0 Å². The third-order valence-electron chi connectivity index (χ3n) is 3.31. The molecule has 1 heterocycles. The van der Waals surface area contributed by atoms with Gasteiger partial charge in [-0.15, -0.1) is 0 Å². The van der Waals surface area contributed by atoms with Crippen LogP contribution in [0.15, 0.2) is 30.3 Å². The second kappa shape index (κ2) is 6.27. The molecule has 4 nitrogen and oxygen atoms in total. The predicted molar refractivity (Wildman–Crippen MR) is 79.6 cm³/mol. The summed E-state index contributed by atoms with van der Waals surface area (Å²) in [6.07, 6.45) is 0.691. The summed E-state index contributed by atoms with van der Waals surface area (Å²) in [5.41, 5.74) is 0.842. The van der Waals surface area contributed by atoms with Gasteiger partial charge in [-0.2, -0.15) is 0 Å². The Morgan fingerprint density at radius 3 is 2.60 bits per heavy atom. The zero-order valence-electron chi connectivity index (χ0n) is 12.6. The Labute approximate surface area is 121 Å². The van der Waals surface area contributed by atoms with E-state index in [2.05, 4.69) is 17.4 Å². The lowest BCUT2D eigenvalue weighted by Crippen LogP contribution is -2.38. The second-order valence-corrected chi connectivity index (χ2v) is 6.17. The number of benzene rings is 1. The lowest BCUT2D eigenvalue weighted by atomic mass is 10.0. The standard InChI is InChI=1S/C16H24N2O2/c1-16(2,3)20-15(19)18-11-9-14(17-10-12-18)13-7-5-4-6-8-13/h4-8,14,17H,9-12H2,1-3H3/t14-/m0/s1. The van der Waals surface area contributed by atoms with E-state index in [1.54, 1.807) is 4.90 Å². The Kier molecular flexibility index (Phi) is 4.65. The molecule has 0 radical (unpaired) electrons. The maximum absolute atomic E-state index is 12.1. The van der Waals surface area contributed by atoms with Crippen LogP contribution in [0.1, 0.15) is 38.8 Å². The number of nitrogens with zero attached hydrogens (tertiary/aromatic N) is 1. The maximum atomic E-state index is 12.1. The molecule has 1 atom stereocenters. The Morgan fingerprint density at radius 2 is 1.95 bits per heavy atom. The molecule has 0 aromatic heterocycles. The van der Waals surface area contributed by atoms with Gasteiger partial charge < -0.3 is 15.0 Å². The van der Waals surface area contributed by atoms with Gasteiger partial charge in [0.25, 0.3) is 0 Å². The van der Waals surface area contributed by atoms with Crippen molar-refractivity contribution in [3.63, 3.8) is 0 Å². The van der Waals surface area contributed by atoms with E-state index in [4.69, 9.17) is 4.74 Å². The van der Waals surface area contributed by atoms with Gasteiger partial charge in [-0.25, -0.2) is 4.79 Å². The first-order valence-electron chi connectivity index (χ1n) is 7.22. The predicted octanol–water partition coefficient (Wildman–Crippen LogP) is 2.96. The van der Waals surface area contributed by atoms with Crippen LogP contribution in [0.5, 0.6) is 0 Å². The van der Waals surface area contributed by atoms with Crippen molar-refractivity contribution in [2.45, 2.75) is 38.8 Å². The monoisotopic (exact) mass is 276 g/mol. The first-order valence-corrected chi connectivity index (χ1v) is 7.22. The van der Waals surface area contributed by atoms with Gasteiger partial charge in [0.15, 0.2) is 0 Å². The van der Waals surface area contributed by atoms with Gasteiger partial charge in [0.05, 0.1) is 0 Å². The van der Waals surface area contributed by atoms with Crippen molar-refractivity contribution in [3.8, 4) is 0 Å². The van der Waals surface area contributed by atoms with E-state index < -0.39 is 5.60 Å². The third kappa shape index (κ3) is 4.23. The molecule has 1 N–H and O–H groups in total. The minimum Gasteiger partial charge on any atom is -0.444 e. The van der Waals surface area contributed by atoms with Crippen molar-refractivity contribution >= 4 is 6.09 Å². The molecule has 1 fully saturated rings. The van der Waals surface area contributed by atoms with Crippen LogP contribution in [0.4, 0.5) is 4.79 Å². The summed E-state index contributed by atoms with van der Waals surface area (Å²) in [6, 6.07) is 10.7. The van der Waals surface area contributed by atoms with E-state index in [-0.39, 0.29) is 6.09 Å². The highest BCUT2D eigenvalue weighted by molar-refractivity contribution is 5.68. The van der Waals surface area contributed by atoms with Crippen molar-refractivity contribution in [1.29, 1.82) is 0 Å². The van der Waals surface area contributed by atoms with E-state index in [1.807, 2.05) is 39.0 Å². The van der Waals surface area contributed by atoms with Gasteiger partial charge in [-0.3, -0.25) is 0 Å². The molecule has 20 heavy (non-hydrogen) atoms. The fourth-order valence-electron chi connectivity index (χ4n) is 2.35. The van der Waals surface area contributed by atoms with Crippen LogP contribution in [0, 0.1) is 0 Å². The summed E-state index contributed by atoms with van der Waals surface area (Å²) in [5.74, 6) is 0. The van der Waals surface area contributed by atoms with Crippen molar-refractivity contribution in [2.24, 2.45) is 0 Å². The van der Waals surface area contributed by atoms with Crippen molar-refractivity contribution < 1.29 is 9.53 Å². The topological polar surface area (TPSA) is 41.6 Å². The molecule has 4 heteroatoms. The van der Waals surface area contributed by atoms with Crippen LogP contribution >= 0.6 is 0 Å². The summed E-state index contributed by atoms with van der Waals surface area (Å²) in [6.45, 7) is 7.90. The fourth-order valence-corrected chi connectivity index (χ4v) is 2.35. The first kappa shape index (κ1) is 14.9. The van der Waals surface area contributed by atoms with Crippen LogP contribution in [0.3, 0.4) is 0 Å². The third-order valence-corrected chi connectivity index (χ3v) is 3.31. The van der Waals surface area contributed by atoms with Gasteiger partial charge in [0.1, 0.15) is 5.60 Å². The van der Waals surface area contributed by atoms with Crippen molar-refractivity contribution in [1.82, 2.24) is 10.2 Å². The second-order valence-electron chi connectivity index (χ2n) is 6.17. The van der Waals surface area contributed by atoms with Crippen molar-refractivity contribution in [2.75, 3.05) is 19.6 Å². The zero-order chi connectivity index (χ0) is 14.6. The SMILES string of the molecule is CC(C)(C)OC(=O)N1CCN[C@H](c2ccccc2)CC1. The molecule has 1 aromatic rings. The quantitative estimate of drug-likeness (QED) is 0.857. The number of hydrogen-bond donors (Lipinski definition) is 1. The van der Waals surface area contributed by atoms with Gasteiger partial charge in [0, 0.05) is 25.7 Å². The number of hydrogen-bond acceptors (Lipinski definition) is 3. The van der Waals surface area contributed by atoms with Gasteiger partial charge in [-0.05, 0) is 32.8 Å². The molecule has 0 bridgehead atoms. The molecule has 1 aliphatic rings. The Bertz CT molecular complexity index is 440. The Balaban J connectivity index is 1.94.